The fraction of sp³-hybridized carbons (Fsp3) is 0.348. The zero-order valence-electron chi connectivity index (χ0n) is 18.2. The second-order valence-electron chi connectivity index (χ2n) is 7.07. The normalized spacial score (nSPS) is 15.0. The smallest absolute Gasteiger partial charge is 0.432 e. The Morgan fingerprint density at radius 3 is 1.97 bits per heavy atom. The number of hydrogen-bond donors (Lipinski definition) is 1. The highest BCUT2D eigenvalue weighted by atomic mass is 19.4. The van der Waals surface area contributed by atoms with E-state index in [9.17, 15) is 27.6 Å². The van der Waals surface area contributed by atoms with Crippen LogP contribution in [0.4, 0.5) is 13.2 Å². The lowest BCUT2D eigenvalue weighted by atomic mass is 9.92. The molecular weight excluding hydrogens is 443 g/mol. The largest absolute Gasteiger partial charge is 0.469 e. The average molecular weight is 467 g/mol. The molecule has 0 radical (unpaired) electrons. The first-order valence-corrected chi connectivity index (χ1v) is 9.88. The summed E-state index contributed by atoms with van der Waals surface area (Å²) in [5.41, 5.74) is -3.58. The van der Waals surface area contributed by atoms with Gasteiger partial charge in [0.05, 0.1) is 7.11 Å². The number of halogens is 3. The summed E-state index contributed by atoms with van der Waals surface area (Å²) in [4.78, 5) is 37.4. The summed E-state index contributed by atoms with van der Waals surface area (Å²) in [5.74, 6) is -4.42. The van der Waals surface area contributed by atoms with Gasteiger partial charge in [-0.15, -0.1) is 0 Å². The van der Waals surface area contributed by atoms with Crippen LogP contribution in [-0.2, 0) is 29.4 Å². The van der Waals surface area contributed by atoms with Crippen molar-refractivity contribution < 1.29 is 41.8 Å². The van der Waals surface area contributed by atoms with Crippen LogP contribution in [0.15, 0.2) is 60.7 Å². The highest BCUT2D eigenvalue weighted by molar-refractivity contribution is 5.94. The molecule has 0 saturated carbocycles. The van der Waals surface area contributed by atoms with Crippen LogP contribution in [0.25, 0.3) is 0 Å². The lowest BCUT2D eigenvalue weighted by molar-refractivity contribution is -0.278. The molecule has 3 atom stereocenters. The molecule has 2 aromatic rings. The number of carbonyl (C=O) groups is 3. The first kappa shape index (κ1) is 25.9. The van der Waals surface area contributed by atoms with Crippen molar-refractivity contribution in [3.05, 3.63) is 71.8 Å². The third-order valence-corrected chi connectivity index (χ3v) is 5.06. The Balaban J connectivity index is 2.25. The van der Waals surface area contributed by atoms with Gasteiger partial charge < -0.3 is 19.5 Å². The highest BCUT2D eigenvalue weighted by Crippen LogP contribution is 2.43. The summed E-state index contributed by atoms with van der Waals surface area (Å²) >= 11 is 0. The van der Waals surface area contributed by atoms with Crippen molar-refractivity contribution in [3.8, 4) is 0 Å². The third-order valence-electron chi connectivity index (χ3n) is 5.06. The van der Waals surface area contributed by atoms with E-state index in [0.29, 0.717) is 5.56 Å². The average Bonchev–Trinajstić information content (AvgIpc) is 2.80. The molecule has 2 aromatic carbocycles. The number of benzene rings is 2. The van der Waals surface area contributed by atoms with Gasteiger partial charge in [0.15, 0.2) is 0 Å². The van der Waals surface area contributed by atoms with E-state index in [0.717, 1.165) is 26.4 Å². The van der Waals surface area contributed by atoms with Gasteiger partial charge in [0, 0.05) is 24.8 Å². The predicted octanol–water partition coefficient (Wildman–Crippen LogP) is 3.24. The van der Waals surface area contributed by atoms with Gasteiger partial charge in [0.2, 0.25) is 0 Å². The van der Waals surface area contributed by atoms with E-state index in [1.807, 2.05) is 0 Å². The van der Waals surface area contributed by atoms with Gasteiger partial charge in [-0.2, -0.15) is 13.2 Å². The molecule has 2 rings (SSSR count). The number of amides is 1. The Kier molecular flexibility index (Phi) is 8.58. The van der Waals surface area contributed by atoms with Crippen molar-refractivity contribution >= 4 is 17.8 Å². The van der Waals surface area contributed by atoms with Gasteiger partial charge in [-0.05, 0) is 19.1 Å². The number of methoxy groups -OCH3 is 2. The summed E-state index contributed by atoms with van der Waals surface area (Å²) in [6.07, 6.45) is -6.55. The summed E-state index contributed by atoms with van der Waals surface area (Å²) in [7, 11) is 1.81. The van der Waals surface area contributed by atoms with E-state index in [-0.39, 0.29) is 6.54 Å². The lowest BCUT2D eigenvalue weighted by Crippen LogP contribution is -2.53. The lowest BCUT2D eigenvalue weighted by Gasteiger charge is -2.34. The second-order valence-corrected chi connectivity index (χ2v) is 7.07. The Bertz CT molecular complexity index is 952. The van der Waals surface area contributed by atoms with Gasteiger partial charge in [0.25, 0.3) is 11.5 Å². The topological polar surface area (TPSA) is 90.9 Å². The third kappa shape index (κ3) is 5.70. The minimum Gasteiger partial charge on any atom is -0.469 e. The van der Waals surface area contributed by atoms with Crippen LogP contribution in [-0.4, -0.2) is 50.9 Å². The Hall–Kier alpha value is -3.40. The number of carbonyl (C=O) groups excluding carboxylic acids is 3. The van der Waals surface area contributed by atoms with Crippen molar-refractivity contribution in [2.75, 3.05) is 20.8 Å². The number of hydrogen-bond acceptors (Lipinski definition) is 6. The van der Waals surface area contributed by atoms with Crippen molar-refractivity contribution in [2.45, 2.75) is 24.8 Å². The maximum atomic E-state index is 14.1. The Labute approximate surface area is 188 Å². The Morgan fingerprint density at radius 1 is 0.939 bits per heavy atom. The van der Waals surface area contributed by atoms with Crippen molar-refractivity contribution in [2.24, 2.45) is 5.92 Å². The molecule has 0 aliphatic rings. The van der Waals surface area contributed by atoms with Gasteiger partial charge in [-0.1, -0.05) is 48.5 Å². The molecule has 7 nitrogen and oxygen atoms in total. The number of alkyl halides is 3. The SMILES string of the molecule is COC(=O)[C@H](CNC(=O)c1ccccc1)[C@H](C)OC(=O)[C@](OC)(c1ccccc1)C(F)(F)F. The maximum absolute atomic E-state index is 14.1. The summed E-state index contributed by atoms with van der Waals surface area (Å²) < 4.78 is 56.6. The number of rotatable bonds is 9. The zero-order valence-corrected chi connectivity index (χ0v) is 18.2. The molecule has 0 aliphatic carbocycles. The summed E-state index contributed by atoms with van der Waals surface area (Å²) in [6.45, 7) is 0.891. The van der Waals surface area contributed by atoms with Gasteiger partial charge >= 0.3 is 18.1 Å². The highest BCUT2D eigenvalue weighted by Gasteiger charge is 2.64. The first-order valence-electron chi connectivity index (χ1n) is 9.88. The monoisotopic (exact) mass is 467 g/mol. The van der Waals surface area contributed by atoms with Crippen molar-refractivity contribution in [1.82, 2.24) is 5.32 Å². The van der Waals surface area contributed by atoms with Crippen LogP contribution < -0.4 is 5.32 Å². The van der Waals surface area contributed by atoms with Crippen molar-refractivity contribution in [1.29, 1.82) is 0 Å². The van der Waals surface area contributed by atoms with Crippen LogP contribution in [0.2, 0.25) is 0 Å². The molecule has 0 fully saturated rings. The summed E-state index contributed by atoms with van der Waals surface area (Å²) in [6, 6.07) is 14.4. The number of nitrogens with one attached hydrogen (secondary N) is 1. The van der Waals surface area contributed by atoms with Gasteiger partial charge in [0.1, 0.15) is 12.0 Å². The minimum absolute atomic E-state index is 0.310. The van der Waals surface area contributed by atoms with Gasteiger partial charge in [-0.25, -0.2) is 4.79 Å². The van der Waals surface area contributed by atoms with Crippen LogP contribution >= 0.6 is 0 Å². The fourth-order valence-electron chi connectivity index (χ4n) is 3.21. The number of ether oxygens (including phenoxy) is 3. The minimum atomic E-state index is -5.16. The molecule has 33 heavy (non-hydrogen) atoms. The van der Waals surface area contributed by atoms with E-state index in [4.69, 9.17) is 4.74 Å². The van der Waals surface area contributed by atoms with Crippen LogP contribution in [0.5, 0.6) is 0 Å². The van der Waals surface area contributed by atoms with Crippen molar-refractivity contribution in [3.63, 3.8) is 0 Å². The molecule has 10 heteroatoms. The molecule has 1 N–H and O–H groups in total. The van der Waals surface area contributed by atoms with Gasteiger partial charge in [-0.3, -0.25) is 9.59 Å². The molecule has 0 aromatic heterocycles. The van der Waals surface area contributed by atoms with E-state index >= 15 is 0 Å². The molecule has 178 valence electrons. The molecule has 1 amide bonds. The maximum Gasteiger partial charge on any atom is 0.432 e. The quantitative estimate of drug-likeness (QED) is 0.570. The Morgan fingerprint density at radius 2 is 1.48 bits per heavy atom. The second kappa shape index (κ2) is 11.0. The van der Waals surface area contributed by atoms with Crippen LogP contribution in [0, 0.1) is 5.92 Å². The number of esters is 2. The molecule has 0 saturated heterocycles. The fourth-order valence-corrected chi connectivity index (χ4v) is 3.21. The molecule has 0 bridgehead atoms. The molecule has 0 unspecified atom stereocenters. The first-order chi connectivity index (χ1) is 15.6. The van der Waals surface area contributed by atoms with E-state index < -0.39 is 47.2 Å². The van der Waals surface area contributed by atoms with Crippen LogP contribution in [0.3, 0.4) is 0 Å². The predicted molar refractivity (Wildman–Crippen MR) is 111 cm³/mol. The summed E-state index contributed by atoms with van der Waals surface area (Å²) in [5, 5.41) is 2.50. The van der Waals surface area contributed by atoms with E-state index in [1.54, 1.807) is 30.3 Å². The standard InChI is InChI=1S/C23H24F3NO6/c1-15(18(20(29)31-2)14-27-19(28)16-10-6-4-7-11-16)33-21(30)22(32-3,23(24,25)26)17-12-8-5-9-13-17/h4-13,15,18H,14H2,1-3H3,(H,27,28)/t15-,18+,22+/m0/s1. The van der Waals surface area contributed by atoms with Crippen LogP contribution in [0.1, 0.15) is 22.8 Å². The molecule has 0 aliphatic heterocycles. The van der Waals surface area contributed by atoms with E-state index in [1.165, 1.54) is 25.1 Å². The molecular formula is C23H24F3NO6. The zero-order chi connectivity index (χ0) is 24.6. The molecule has 0 spiro atoms. The molecule has 0 heterocycles. The van der Waals surface area contributed by atoms with E-state index in [2.05, 4.69) is 14.8 Å².